The first-order valence-electron chi connectivity index (χ1n) is 7.66. The molecule has 0 amide bonds. The molecule has 25 heavy (non-hydrogen) atoms. The van der Waals surface area contributed by atoms with Crippen molar-refractivity contribution in [1.29, 1.82) is 0 Å². The maximum Gasteiger partial charge on any atom is 0.324 e. The molecule has 0 saturated heterocycles. The van der Waals surface area contributed by atoms with Gasteiger partial charge in [-0.2, -0.15) is 4.72 Å². The zero-order valence-corrected chi connectivity index (χ0v) is 15.2. The van der Waals surface area contributed by atoms with E-state index in [0.717, 1.165) is 11.1 Å². The van der Waals surface area contributed by atoms with Crippen LogP contribution in [0, 0.1) is 6.92 Å². The minimum atomic E-state index is -3.98. The SMILES string of the molecule is COC(=O)C(Cc1ccccc1)NS(=O)(=O)c1cc(C)ccc1OC. The molecule has 2 aromatic carbocycles. The van der Waals surface area contributed by atoms with Crippen LogP contribution < -0.4 is 9.46 Å². The van der Waals surface area contributed by atoms with Gasteiger partial charge in [-0.1, -0.05) is 36.4 Å². The van der Waals surface area contributed by atoms with Crippen LogP contribution in [0.3, 0.4) is 0 Å². The number of carbonyl (C=O) groups is 1. The van der Waals surface area contributed by atoms with Crippen LogP contribution in [0.4, 0.5) is 0 Å². The number of ether oxygens (including phenoxy) is 2. The van der Waals surface area contributed by atoms with Crippen LogP contribution in [-0.2, 0) is 26.0 Å². The highest BCUT2D eigenvalue weighted by Gasteiger charge is 2.28. The molecule has 0 aliphatic heterocycles. The first-order chi connectivity index (χ1) is 11.9. The van der Waals surface area contributed by atoms with Crippen LogP contribution in [0.2, 0.25) is 0 Å². The van der Waals surface area contributed by atoms with Gasteiger partial charge >= 0.3 is 5.97 Å². The third-order valence-corrected chi connectivity index (χ3v) is 5.17. The Morgan fingerprint density at radius 2 is 1.80 bits per heavy atom. The van der Waals surface area contributed by atoms with E-state index in [1.165, 1.54) is 20.3 Å². The van der Waals surface area contributed by atoms with Crippen molar-refractivity contribution in [3.8, 4) is 5.75 Å². The highest BCUT2D eigenvalue weighted by Crippen LogP contribution is 2.25. The summed E-state index contributed by atoms with van der Waals surface area (Å²) in [7, 11) is -1.36. The van der Waals surface area contributed by atoms with Crippen LogP contribution in [0.25, 0.3) is 0 Å². The number of hydrogen-bond acceptors (Lipinski definition) is 5. The van der Waals surface area contributed by atoms with Gasteiger partial charge in [0.15, 0.2) is 0 Å². The van der Waals surface area contributed by atoms with E-state index in [0.29, 0.717) is 0 Å². The molecule has 1 N–H and O–H groups in total. The van der Waals surface area contributed by atoms with Gasteiger partial charge in [0, 0.05) is 0 Å². The molecule has 0 spiro atoms. The van der Waals surface area contributed by atoms with Crippen molar-refractivity contribution in [2.24, 2.45) is 0 Å². The Morgan fingerprint density at radius 3 is 2.40 bits per heavy atom. The second-order valence-corrected chi connectivity index (χ2v) is 7.22. The van der Waals surface area contributed by atoms with Gasteiger partial charge in [0.25, 0.3) is 0 Å². The summed E-state index contributed by atoms with van der Waals surface area (Å²) >= 11 is 0. The number of sulfonamides is 1. The normalized spacial score (nSPS) is 12.4. The Balaban J connectivity index is 2.34. The Bertz CT molecular complexity index is 834. The molecule has 1 unspecified atom stereocenters. The molecule has 7 heteroatoms. The summed E-state index contributed by atoms with van der Waals surface area (Å²) in [5.74, 6) is -0.444. The predicted molar refractivity (Wildman–Crippen MR) is 94.0 cm³/mol. The average Bonchev–Trinajstić information content (AvgIpc) is 2.61. The lowest BCUT2D eigenvalue weighted by Gasteiger charge is -2.18. The Labute approximate surface area is 147 Å². The van der Waals surface area contributed by atoms with E-state index in [4.69, 9.17) is 9.47 Å². The second kappa shape index (κ2) is 8.13. The number of aryl methyl sites for hydroxylation is 1. The summed E-state index contributed by atoms with van der Waals surface area (Å²) in [6, 6.07) is 12.9. The number of nitrogens with one attached hydrogen (secondary N) is 1. The van der Waals surface area contributed by atoms with Crippen molar-refractivity contribution in [3.05, 3.63) is 59.7 Å². The largest absolute Gasteiger partial charge is 0.495 e. The highest BCUT2D eigenvalue weighted by molar-refractivity contribution is 7.89. The summed E-state index contributed by atoms with van der Waals surface area (Å²) in [4.78, 5) is 12.0. The minimum absolute atomic E-state index is 0.0167. The van der Waals surface area contributed by atoms with Crippen molar-refractivity contribution >= 4 is 16.0 Å². The maximum absolute atomic E-state index is 12.8. The zero-order valence-electron chi connectivity index (χ0n) is 14.4. The molecule has 0 aliphatic rings. The molecule has 2 aromatic rings. The standard InChI is InChI=1S/C18H21NO5S/c1-13-9-10-16(23-2)17(11-13)25(21,22)19-15(18(20)24-3)12-14-7-5-4-6-8-14/h4-11,15,19H,12H2,1-3H3. The summed E-state index contributed by atoms with van der Waals surface area (Å²) in [5, 5.41) is 0. The van der Waals surface area contributed by atoms with Crippen LogP contribution in [0.15, 0.2) is 53.4 Å². The summed E-state index contributed by atoms with van der Waals surface area (Å²) in [6.45, 7) is 1.78. The topological polar surface area (TPSA) is 81.7 Å². The van der Waals surface area contributed by atoms with E-state index in [9.17, 15) is 13.2 Å². The van der Waals surface area contributed by atoms with Gasteiger partial charge in [0.2, 0.25) is 10.0 Å². The lowest BCUT2D eigenvalue weighted by atomic mass is 10.1. The molecule has 1 atom stereocenters. The lowest BCUT2D eigenvalue weighted by Crippen LogP contribution is -2.43. The quantitative estimate of drug-likeness (QED) is 0.762. The Hall–Kier alpha value is -2.38. The van der Waals surface area contributed by atoms with Crippen molar-refractivity contribution < 1.29 is 22.7 Å². The smallest absolute Gasteiger partial charge is 0.324 e. The molecule has 0 aliphatic carbocycles. The van der Waals surface area contributed by atoms with E-state index in [1.807, 2.05) is 30.3 Å². The molecule has 0 heterocycles. The van der Waals surface area contributed by atoms with Gasteiger partial charge in [-0.3, -0.25) is 4.79 Å². The molecule has 0 aromatic heterocycles. The fourth-order valence-electron chi connectivity index (χ4n) is 2.41. The van der Waals surface area contributed by atoms with Crippen molar-refractivity contribution in [2.75, 3.05) is 14.2 Å². The summed E-state index contributed by atoms with van der Waals surface area (Å²) in [6.07, 6.45) is 0.181. The number of benzene rings is 2. The number of esters is 1. The first kappa shape index (κ1) is 19.0. The maximum atomic E-state index is 12.8. The molecular formula is C18H21NO5S. The van der Waals surface area contributed by atoms with E-state index in [-0.39, 0.29) is 17.1 Å². The molecule has 2 rings (SSSR count). The molecule has 6 nitrogen and oxygen atoms in total. The molecule has 0 radical (unpaired) electrons. The summed E-state index contributed by atoms with van der Waals surface area (Å²) in [5.41, 5.74) is 1.58. The van der Waals surface area contributed by atoms with Gasteiger partial charge in [-0.15, -0.1) is 0 Å². The molecular weight excluding hydrogens is 342 g/mol. The van der Waals surface area contributed by atoms with Crippen LogP contribution >= 0.6 is 0 Å². The fraction of sp³-hybridized carbons (Fsp3) is 0.278. The van der Waals surface area contributed by atoms with Crippen LogP contribution in [0.1, 0.15) is 11.1 Å². The van der Waals surface area contributed by atoms with E-state index in [1.54, 1.807) is 19.1 Å². The second-order valence-electron chi connectivity index (χ2n) is 5.54. The van der Waals surface area contributed by atoms with E-state index >= 15 is 0 Å². The number of rotatable bonds is 7. The van der Waals surface area contributed by atoms with Crippen LogP contribution in [-0.4, -0.2) is 34.6 Å². The fourth-order valence-corrected chi connectivity index (χ4v) is 3.85. The van der Waals surface area contributed by atoms with Gasteiger partial charge in [-0.25, -0.2) is 8.42 Å². The van der Waals surface area contributed by atoms with Crippen molar-refractivity contribution in [2.45, 2.75) is 24.3 Å². The molecule has 0 fully saturated rings. The Kier molecular flexibility index (Phi) is 6.17. The van der Waals surface area contributed by atoms with Gasteiger partial charge in [0.05, 0.1) is 14.2 Å². The number of carbonyl (C=O) groups excluding carboxylic acids is 1. The van der Waals surface area contributed by atoms with Gasteiger partial charge in [-0.05, 0) is 36.6 Å². The van der Waals surface area contributed by atoms with E-state index in [2.05, 4.69) is 4.72 Å². The minimum Gasteiger partial charge on any atom is -0.495 e. The molecule has 0 bridgehead atoms. The average molecular weight is 363 g/mol. The van der Waals surface area contributed by atoms with E-state index < -0.39 is 22.0 Å². The third-order valence-electron chi connectivity index (χ3n) is 3.67. The third kappa shape index (κ3) is 4.80. The van der Waals surface area contributed by atoms with Crippen molar-refractivity contribution in [3.63, 3.8) is 0 Å². The van der Waals surface area contributed by atoms with Crippen LogP contribution in [0.5, 0.6) is 5.75 Å². The van der Waals surface area contributed by atoms with Gasteiger partial charge in [0.1, 0.15) is 16.7 Å². The zero-order chi connectivity index (χ0) is 18.4. The highest BCUT2D eigenvalue weighted by atomic mass is 32.2. The monoisotopic (exact) mass is 363 g/mol. The predicted octanol–water partition coefficient (Wildman–Crippen LogP) is 2.07. The molecule has 0 saturated carbocycles. The number of methoxy groups -OCH3 is 2. The Morgan fingerprint density at radius 1 is 1.12 bits per heavy atom. The lowest BCUT2D eigenvalue weighted by molar-refractivity contribution is -0.142. The molecule has 134 valence electrons. The first-order valence-corrected chi connectivity index (χ1v) is 9.14. The van der Waals surface area contributed by atoms with Gasteiger partial charge < -0.3 is 9.47 Å². The van der Waals surface area contributed by atoms with Crippen molar-refractivity contribution in [1.82, 2.24) is 4.72 Å². The number of hydrogen-bond donors (Lipinski definition) is 1. The summed E-state index contributed by atoms with van der Waals surface area (Å²) < 4.78 is 37.9.